The highest BCUT2D eigenvalue weighted by Crippen LogP contribution is 2.32. The van der Waals surface area contributed by atoms with Crippen molar-refractivity contribution in [2.24, 2.45) is 0 Å². The van der Waals surface area contributed by atoms with Crippen LogP contribution in [0.2, 0.25) is 5.02 Å². The number of carbonyl (C=O) groups is 2. The number of hydrogen-bond acceptors (Lipinski definition) is 6. The molecule has 1 atom stereocenters. The van der Waals surface area contributed by atoms with Crippen molar-refractivity contribution in [3.63, 3.8) is 0 Å². The number of esters is 2. The summed E-state index contributed by atoms with van der Waals surface area (Å²) in [7, 11) is 1.26. The average Bonchev–Trinajstić information content (AvgIpc) is 3.33. The van der Waals surface area contributed by atoms with E-state index in [4.69, 9.17) is 21.1 Å². The minimum atomic E-state index is -1.14. The fraction of sp³-hybridized carbons (Fsp3) is 0.136. The number of carbonyl (C=O) groups excluding carboxylic acids is 2. The van der Waals surface area contributed by atoms with Crippen LogP contribution in [0.1, 0.15) is 27.0 Å². The van der Waals surface area contributed by atoms with Gasteiger partial charge >= 0.3 is 11.9 Å². The third-order valence-electron chi connectivity index (χ3n) is 4.56. The zero-order valence-corrected chi connectivity index (χ0v) is 17.7. The molecular weight excluding hydrogens is 424 g/mol. The van der Waals surface area contributed by atoms with E-state index >= 15 is 0 Å². The summed E-state index contributed by atoms with van der Waals surface area (Å²) in [5, 5.41) is 6.03. The van der Waals surface area contributed by atoms with Gasteiger partial charge in [0.05, 0.1) is 18.5 Å². The molecule has 0 saturated heterocycles. The number of fused-ring (bicyclic) bond motifs is 1. The summed E-state index contributed by atoms with van der Waals surface area (Å²) in [5.74, 6) is -1.24. The summed E-state index contributed by atoms with van der Waals surface area (Å²) in [6.07, 6.45) is -1.14. The largest absolute Gasteiger partial charge is 0.466 e. The molecule has 0 radical (unpaired) electrons. The van der Waals surface area contributed by atoms with Crippen molar-refractivity contribution >= 4 is 45.1 Å². The minimum Gasteiger partial charge on any atom is -0.466 e. The first-order chi connectivity index (χ1) is 14.5. The molecule has 2 heterocycles. The minimum absolute atomic E-state index is 0.373. The van der Waals surface area contributed by atoms with Crippen molar-refractivity contribution in [1.29, 1.82) is 0 Å². The lowest BCUT2D eigenvalue weighted by molar-refractivity contribution is -0.151. The monoisotopic (exact) mass is 440 g/mol. The van der Waals surface area contributed by atoms with Crippen molar-refractivity contribution < 1.29 is 19.1 Å². The lowest BCUT2D eigenvalue weighted by Gasteiger charge is -2.15. The van der Waals surface area contributed by atoms with Gasteiger partial charge in [-0.15, -0.1) is 11.3 Å². The number of rotatable bonds is 5. The number of benzene rings is 2. The molecule has 0 aliphatic rings. The highest BCUT2D eigenvalue weighted by Gasteiger charge is 2.28. The molecule has 30 heavy (non-hydrogen) atoms. The lowest BCUT2D eigenvalue weighted by atomic mass is 10.1. The predicted octanol–water partition coefficient (Wildman–Crippen LogP) is 5.12. The predicted molar refractivity (Wildman–Crippen MR) is 115 cm³/mol. The standard InChI is InChI=1S/C22H17ClN2O4S/c1-13-17-12-18(30-20(17)25(24-13)16-10-8-15(23)9-11-16)21(26)29-19(22(27)28-2)14-6-4-3-5-7-14/h3-12,19H,1-2H3/t19-/m0/s1. The summed E-state index contributed by atoms with van der Waals surface area (Å²) in [6, 6.07) is 17.8. The Morgan fingerprint density at radius 1 is 1.10 bits per heavy atom. The average molecular weight is 441 g/mol. The number of halogens is 1. The number of nitrogens with zero attached hydrogens (tertiary/aromatic N) is 2. The van der Waals surface area contributed by atoms with Crippen molar-refractivity contribution in [3.05, 3.63) is 81.8 Å². The van der Waals surface area contributed by atoms with Gasteiger partial charge in [-0.05, 0) is 37.3 Å². The Labute approximate surface area is 181 Å². The summed E-state index contributed by atoms with van der Waals surface area (Å²) in [4.78, 5) is 26.2. The Hall–Kier alpha value is -3.16. The number of aromatic nitrogens is 2. The molecule has 0 unspecified atom stereocenters. The number of aryl methyl sites for hydroxylation is 1. The molecule has 0 N–H and O–H groups in total. The zero-order chi connectivity index (χ0) is 21.3. The normalized spacial score (nSPS) is 12.0. The van der Waals surface area contributed by atoms with Gasteiger partial charge in [-0.25, -0.2) is 14.3 Å². The maximum atomic E-state index is 12.9. The van der Waals surface area contributed by atoms with E-state index in [2.05, 4.69) is 5.10 Å². The second-order valence-electron chi connectivity index (χ2n) is 6.52. The van der Waals surface area contributed by atoms with Gasteiger partial charge in [0.15, 0.2) is 0 Å². The fourth-order valence-electron chi connectivity index (χ4n) is 3.06. The van der Waals surface area contributed by atoms with Gasteiger partial charge in [0.2, 0.25) is 6.10 Å². The Bertz CT molecular complexity index is 1220. The third-order valence-corrected chi connectivity index (χ3v) is 5.90. The van der Waals surface area contributed by atoms with Crippen LogP contribution in [0.15, 0.2) is 60.7 Å². The third kappa shape index (κ3) is 3.81. The summed E-state index contributed by atoms with van der Waals surface area (Å²) in [5.41, 5.74) is 2.15. The van der Waals surface area contributed by atoms with Gasteiger partial charge < -0.3 is 9.47 Å². The van der Waals surface area contributed by atoms with E-state index in [0.29, 0.717) is 15.5 Å². The molecule has 152 valence electrons. The van der Waals surface area contributed by atoms with Crippen molar-refractivity contribution in [2.45, 2.75) is 13.0 Å². The molecule has 4 rings (SSSR count). The Balaban J connectivity index is 1.67. The van der Waals surface area contributed by atoms with Crippen LogP contribution < -0.4 is 0 Å². The number of thiophene rings is 1. The Morgan fingerprint density at radius 3 is 2.47 bits per heavy atom. The molecule has 0 aliphatic carbocycles. The molecule has 0 bridgehead atoms. The first-order valence-electron chi connectivity index (χ1n) is 9.07. The number of methoxy groups -OCH3 is 1. The van der Waals surface area contributed by atoms with E-state index in [1.54, 1.807) is 47.1 Å². The lowest BCUT2D eigenvalue weighted by Crippen LogP contribution is -2.20. The molecule has 4 aromatic rings. The second kappa shape index (κ2) is 8.30. The maximum absolute atomic E-state index is 12.9. The topological polar surface area (TPSA) is 70.4 Å². The van der Waals surface area contributed by atoms with Crippen molar-refractivity contribution in [3.8, 4) is 5.69 Å². The smallest absolute Gasteiger partial charge is 0.351 e. The van der Waals surface area contributed by atoms with Crippen LogP contribution in [-0.2, 0) is 14.3 Å². The molecule has 0 saturated carbocycles. The molecule has 0 fully saturated rings. The van der Waals surface area contributed by atoms with Crippen LogP contribution in [0.5, 0.6) is 0 Å². The van der Waals surface area contributed by atoms with E-state index in [-0.39, 0.29) is 0 Å². The quantitative estimate of drug-likeness (QED) is 0.403. The van der Waals surface area contributed by atoms with Gasteiger partial charge in [0.25, 0.3) is 0 Å². The van der Waals surface area contributed by atoms with Gasteiger partial charge in [-0.3, -0.25) is 0 Å². The van der Waals surface area contributed by atoms with Crippen LogP contribution in [0, 0.1) is 6.92 Å². The summed E-state index contributed by atoms with van der Waals surface area (Å²) < 4.78 is 12.1. The van der Waals surface area contributed by atoms with Gasteiger partial charge in [-0.2, -0.15) is 5.10 Å². The second-order valence-corrected chi connectivity index (χ2v) is 7.99. The summed E-state index contributed by atoms with van der Waals surface area (Å²) in [6.45, 7) is 1.87. The SMILES string of the molecule is COC(=O)[C@@H](OC(=O)c1cc2c(C)nn(-c3ccc(Cl)cc3)c2s1)c1ccccc1. The maximum Gasteiger partial charge on any atom is 0.351 e. The van der Waals surface area contributed by atoms with Crippen molar-refractivity contribution in [1.82, 2.24) is 9.78 Å². The highest BCUT2D eigenvalue weighted by molar-refractivity contribution is 7.20. The van der Waals surface area contributed by atoms with Crippen LogP contribution in [0.4, 0.5) is 0 Å². The fourth-order valence-corrected chi connectivity index (χ4v) is 4.25. The van der Waals surface area contributed by atoms with E-state index in [1.165, 1.54) is 18.4 Å². The van der Waals surface area contributed by atoms with Crippen LogP contribution in [-0.4, -0.2) is 28.8 Å². The molecular formula is C22H17ClN2O4S. The molecule has 0 aliphatic heterocycles. The molecule has 2 aromatic heterocycles. The summed E-state index contributed by atoms with van der Waals surface area (Å²) >= 11 is 7.23. The van der Waals surface area contributed by atoms with Crippen LogP contribution >= 0.6 is 22.9 Å². The van der Waals surface area contributed by atoms with Gasteiger partial charge in [0.1, 0.15) is 9.71 Å². The van der Waals surface area contributed by atoms with Crippen molar-refractivity contribution in [2.75, 3.05) is 7.11 Å². The Kier molecular flexibility index (Phi) is 5.57. The molecule has 0 amide bonds. The van der Waals surface area contributed by atoms with E-state index < -0.39 is 18.0 Å². The highest BCUT2D eigenvalue weighted by atomic mass is 35.5. The van der Waals surface area contributed by atoms with Crippen LogP contribution in [0.3, 0.4) is 0 Å². The first-order valence-corrected chi connectivity index (χ1v) is 10.3. The van der Waals surface area contributed by atoms with Gasteiger partial charge in [0, 0.05) is 16.0 Å². The number of hydrogen-bond donors (Lipinski definition) is 0. The molecule has 6 nitrogen and oxygen atoms in total. The van der Waals surface area contributed by atoms with E-state index in [1.807, 2.05) is 25.1 Å². The van der Waals surface area contributed by atoms with E-state index in [9.17, 15) is 9.59 Å². The zero-order valence-electron chi connectivity index (χ0n) is 16.2. The first kappa shape index (κ1) is 20.1. The van der Waals surface area contributed by atoms with Crippen LogP contribution in [0.25, 0.3) is 15.9 Å². The number of ether oxygens (including phenoxy) is 2. The van der Waals surface area contributed by atoms with E-state index in [0.717, 1.165) is 21.6 Å². The molecule has 2 aromatic carbocycles. The Morgan fingerprint density at radius 2 is 1.80 bits per heavy atom. The molecule has 0 spiro atoms. The van der Waals surface area contributed by atoms with Gasteiger partial charge in [-0.1, -0.05) is 41.9 Å². The molecule has 8 heteroatoms.